The zero-order chi connectivity index (χ0) is 29.8. The van der Waals surface area contributed by atoms with E-state index in [9.17, 15) is 19.5 Å². The Hall–Kier alpha value is -3.70. The SMILES string of the molecule is Cc1ccc2c3c1O[C@H]1C(OC(=O)[C@H](Cc4c[nH]cn4)NC(=O)CCNC(=O)C(C)C)=CC[C@@]4(O)[C@@H](C2)N(C)CC[C@]314. The van der Waals surface area contributed by atoms with Crippen LogP contribution >= 0.6 is 0 Å². The van der Waals surface area contributed by atoms with Gasteiger partial charge in [-0.1, -0.05) is 26.0 Å². The summed E-state index contributed by atoms with van der Waals surface area (Å²) < 4.78 is 12.7. The molecular formula is C31H39N5O6. The molecular weight excluding hydrogens is 538 g/mol. The molecule has 2 aliphatic carbocycles. The quantitative estimate of drug-likeness (QED) is 0.328. The minimum atomic E-state index is -1.07. The number of carbonyl (C=O) groups excluding carboxylic acids is 3. The number of rotatable bonds is 9. The average Bonchev–Trinajstić information content (AvgIpc) is 3.59. The molecule has 11 nitrogen and oxygen atoms in total. The molecule has 1 saturated heterocycles. The number of hydrogen-bond acceptors (Lipinski definition) is 8. The van der Waals surface area contributed by atoms with Gasteiger partial charge >= 0.3 is 5.97 Å². The van der Waals surface area contributed by atoms with Crippen LogP contribution in [0.3, 0.4) is 0 Å². The number of hydrogen-bond donors (Lipinski definition) is 4. The van der Waals surface area contributed by atoms with Crippen molar-refractivity contribution in [2.24, 2.45) is 5.92 Å². The van der Waals surface area contributed by atoms with Crippen molar-refractivity contribution in [2.75, 3.05) is 20.1 Å². The van der Waals surface area contributed by atoms with Crippen molar-refractivity contribution in [3.05, 3.63) is 58.9 Å². The van der Waals surface area contributed by atoms with Crippen molar-refractivity contribution in [3.8, 4) is 5.75 Å². The van der Waals surface area contributed by atoms with Crippen LogP contribution < -0.4 is 15.4 Å². The number of nitrogens with one attached hydrogen (secondary N) is 3. The van der Waals surface area contributed by atoms with Crippen LogP contribution in [0, 0.1) is 12.8 Å². The summed E-state index contributed by atoms with van der Waals surface area (Å²) in [6.07, 6.45) is 6.14. The molecule has 2 aliphatic heterocycles. The van der Waals surface area contributed by atoms with Gasteiger partial charge in [-0.25, -0.2) is 9.78 Å². The molecule has 1 aromatic carbocycles. The molecule has 3 heterocycles. The first-order valence-electron chi connectivity index (χ1n) is 14.7. The number of benzene rings is 1. The molecule has 224 valence electrons. The fourth-order valence-corrected chi connectivity index (χ4v) is 7.35. The number of amides is 2. The lowest BCUT2D eigenvalue weighted by molar-refractivity contribution is -0.170. The molecule has 0 unspecified atom stereocenters. The van der Waals surface area contributed by atoms with Crippen LogP contribution in [0.2, 0.25) is 0 Å². The van der Waals surface area contributed by atoms with Crippen LogP contribution in [-0.2, 0) is 37.4 Å². The van der Waals surface area contributed by atoms with E-state index >= 15 is 0 Å². The van der Waals surface area contributed by atoms with Crippen LogP contribution in [0.15, 0.2) is 36.5 Å². The third-order valence-corrected chi connectivity index (χ3v) is 9.55. The molecule has 2 amide bonds. The van der Waals surface area contributed by atoms with E-state index in [1.54, 1.807) is 26.1 Å². The summed E-state index contributed by atoms with van der Waals surface area (Å²) in [4.78, 5) is 47.8. The Kier molecular flexibility index (Phi) is 7.13. The summed E-state index contributed by atoms with van der Waals surface area (Å²) in [6.45, 7) is 6.49. The second-order valence-electron chi connectivity index (χ2n) is 12.4. The Morgan fingerprint density at radius 2 is 2.12 bits per heavy atom. The van der Waals surface area contributed by atoms with E-state index in [1.165, 1.54) is 11.9 Å². The maximum Gasteiger partial charge on any atom is 0.334 e. The van der Waals surface area contributed by atoms with Crippen LogP contribution in [0.1, 0.15) is 55.5 Å². The molecule has 2 bridgehead atoms. The van der Waals surface area contributed by atoms with Crippen LogP contribution in [0.4, 0.5) is 0 Å². The van der Waals surface area contributed by atoms with Crippen molar-refractivity contribution in [3.63, 3.8) is 0 Å². The lowest BCUT2D eigenvalue weighted by Crippen LogP contribution is -2.74. The minimum absolute atomic E-state index is 0.0135. The van der Waals surface area contributed by atoms with E-state index in [1.807, 2.05) is 6.92 Å². The third kappa shape index (κ3) is 4.41. The van der Waals surface area contributed by atoms with Crippen LogP contribution in [-0.4, -0.2) is 81.7 Å². The largest absolute Gasteiger partial charge is 0.481 e. The van der Waals surface area contributed by atoms with Crippen molar-refractivity contribution < 1.29 is 29.0 Å². The lowest BCUT2D eigenvalue weighted by atomic mass is 9.50. The topological polar surface area (TPSA) is 146 Å². The standard InChI is InChI=1S/C31H39N5O6/c1-17(2)28(38)33-11-8-24(37)35-21(14-20-15-32-16-34-20)29(39)41-22-7-9-31(40)23-13-19-6-5-18(3)26-25(19)30(31,27(22)42-26)10-12-36(23)4/h5-7,15-17,21,23,27,40H,8-14H2,1-4H3,(H,32,34)(H,33,38)(H,35,37)/t21-,23+,27-,30-,31+/m0/s1. The number of aliphatic hydroxyl groups is 1. The maximum atomic E-state index is 13.7. The predicted molar refractivity (Wildman–Crippen MR) is 152 cm³/mol. The second-order valence-corrected chi connectivity index (χ2v) is 12.4. The van der Waals surface area contributed by atoms with Gasteiger partial charge < -0.3 is 35.1 Å². The predicted octanol–water partition coefficient (Wildman–Crippen LogP) is 1.43. The smallest absolute Gasteiger partial charge is 0.334 e. The number of aromatic amines is 1. The zero-order valence-electron chi connectivity index (χ0n) is 24.5. The summed E-state index contributed by atoms with van der Waals surface area (Å²) in [5, 5.41) is 17.9. The van der Waals surface area contributed by atoms with Gasteiger partial charge in [0, 0.05) is 49.5 Å². The Labute approximate surface area is 245 Å². The van der Waals surface area contributed by atoms with Crippen molar-refractivity contribution in [1.82, 2.24) is 25.5 Å². The van der Waals surface area contributed by atoms with Crippen molar-refractivity contribution in [2.45, 2.75) is 82.1 Å². The molecule has 1 spiro atoms. The summed E-state index contributed by atoms with van der Waals surface area (Å²) >= 11 is 0. The van der Waals surface area contributed by atoms with Gasteiger partial charge in [0.15, 0.2) is 6.10 Å². The minimum Gasteiger partial charge on any atom is -0.481 e. The Bertz CT molecular complexity index is 1440. The monoisotopic (exact) mass is 577 g/mol. The third-order valence-electron chi connectivity index (χ3n) is 9.55. The zero-order valence-corrected chi connectivity index (χ0v) is 24.5. The van der Waals surface area contributed by atoms with Gasteiger partial charge in [-0.05, 0) is 50.6 Å². The molecule has 2 aromatic rings. The van der Waals surface area contributed by atoms with E-state index < -0.39 is 35.0 Å². The van der Waals surface area contributed by atoms with E-state index in [4.69, 9.17) is 9.47 Å². The highest BCUT2D eigenvalue weighted by Gasteiger charge is 2.71. The first-order valence-corrected chi connectivity index (χ1v) is 14.7. The molecule has 0 radical (unpaired) electrons. The van der Waals surface area contributed by atoms with Gasteiger partial charge in [0.05, 0.1) is 23.0 Å². The Morgan fingerprint density at radius 1 is 1.31 bits per heavy atom. The molecule has 1 fully saturated rings. The van der Waals surface area contributed by atoms with E-state index in [2.05, 4.69) is 44.7 Å². The Morgan fingerprint density at radius 3 is 2.86 bits per heavy atom. The summed E-state index contributed by atoms with van der Waals surface area (Å²) in [5.74, 6) is -0.230. The fraction of sp³-hybridized carbons (Fsp3) is 0.548. The maximum absolute atomic E-state index is 13.7. The van der Waals surface area contributed by atoms with Gasteiger partial charge in [-0.15, -0.1) is 0 Å². The van der Waals surface area contributed by atoms with Crippen molar-refractivity contribution >= 4 is 17.8 Å². The van der Waals surface area contributed by atoms with E-state index in [0.29, 0.717) is 24.3 Å². The lowest BCUT2D eigenvalue weighted by Gasteiger charge is -2.61. The number of piperidine rings is 1. The second kappa shape index (κ2) is 10.5. The van der Waals surface area contributed by atoms with Gasteiger partial charge in [-0.3, -0.25) is 9.59 Å². The van der Waals surface area contributed by atoms with Gasteiger partial charge in [0.25, 0.3) is 0 Å². The number of esters is 1. The van der Waals surface area contributed by atoms with E-state index in [0.717, 1.165) is 29.8 Å². The van der Waals surface area contributed by atoms with Gasteiger partial charge in [-0.2, -0.15) is 0 Å². The van der Waals surface area contributed by atoms with Crippen LogP contribution in [0.5, 0.6) is 5.75 Å². The number of aromatic nitrogens is 2. The molecule has 42 heavy (non-hydrogen) atoms. The number of likely N-dealkylation sites (N-methyl/N-ethyl adjacent to an activating group) is 1. The number of aryl methyl sites for hydroxylation is 1. The van der Waals surface area contributed by atoms with Gasteiger partial charge in [0.2, 0.25) is 11.8 Å². The van der Waals surface area contributed by atoms with Crippen LogP contribution in [0.25, 0.3) is 0 Å². The number of nitrogens with zero attached hydrogens (tertiary/aromatic N) is 2. The first-order chi connectivity index (χ1) is 20.0. The summed E-state index contributed by atoms with van der Waals surface area (Å²) in [7, 11) is 2.05. The molecule has 4 N–H and O–H groups in total. The molecule has 4 aliphatic rings. The Balaban J connectivity index is 1.25. The summed E-state index contributed by atoms with van der Waals surface area (Å²) in [5.41, 5.74) is 1.97. The molecule has 5 atom stereocenters. The molecule has 11 heteroatoms. The number of ether oxygens (including phenoxy) is 2. The molecule has 0 saturated carbocycles. The van der Waals surface area contributed by atoms with Gasteiger partial charge in [0.1, 0.15) is 17.6 Å². The number of likely N-dealkylation sites (tertiary alicyclic amines) is 1. The number of imidazole rings is 1. The summed E-state index contributed by atoms with van der Waals surface area (Å²) in [6, 6.07) is 3.08. The fourth-order valence-electron chi connectivity index (χ4n) is 7.35. The average molecular weight is 578 g/mol. The number of carbonyl (C=O) groups is 3. The molecule has 1 aromatic heterocycles. The highest BCUT2D eigenvalue weighted by molar-refractivity contribution is 5.86. The highest BCUT2D eigenvalue weighted by Crippen LogP contribution is 2.64. The highest BCUT2D eigenvalue weighted by atomic mass is 16.6. The number of H-pyrrole nitrogens is 1. The first kappa shape index (κ1) is 28.4. The normalized spacial score (nSPS) is 27.9. The van der Waals surface area contributed by atoms with Crippen molar-refractivity contribution in [1.29, 1.82) is 0 Å². The van der Waals surface area contributed by atoms with E-state index in [-0.39, 0.29) is 37.3 Å². The molecule has 6 rings (SSSR count).